The van der Waals surface area contributed by atoms with Crippen LogP contribution in [-0.4, -0.2) is 26.2 Å². The van der Waals surface area contributed by atoms with Crippen molar-refractivity contribution < 1.29 is 23.4 Å². The van der Waals surface area contributed by atoms with Gasteiger partial charge in [0.2, 0.25) is 0 Å². The molecule has 1 aliphatic rings. The lowest BCUT2D eigenvalue weighted by Gasteiger charge is -2.34. The van der Waals surface area contributed by atoms with Crippen molar-refractivity contribution in [2.24, 2.45) is 0 Å². The zero-order valence-electron chi connectivity index (χ0n) is 19.2. The third-order valence-corrected chi connectivity index (χ3v) is 6.73. The van der Waals surface area contributed by atoms with Crippen LogP contribution in [0.1, 0.15) is 42.9 Å². The van der Waals surface area contributed by atoms with Crippen molar-refractivity contribution >= 4 is 29.1 Å². The summed E-state index contributed by atoms with van der Waals surface area (Å²) in [5.41, 5.74) is 4.98. The number of allylic oxidation sites excluding steroid dienone is 1. The molecule has 172 valence electrons. The summed E-state index contributed by atoms with van der Waals surface area (Å²) in [6, 6.07) is 12.1. The van der Waals surface area contributed by atoms with E-state index in [4.69, 9.17) is 14.2 Å². The van der Waals surface area contributed by atoms with Crippen molar-refractivity contribution in [2.75, 3.05) is 19.5 Å². The Hall–Kier alpha value is -3.32. The number of methoxy groups -OCH3 is 2. The summed E-state index contributed by atoms with van der Waals surface area (Å²) in [5, 5.41) is 4.27. The fourth-order valence-corrected chi connectivity index (χ4v) is 5.33. The second-order valence-electron chi connectivity index (χ2n) is 8.44. The van der Waals surface area contributed by atoms with Crippen LogP contribution in [0.4, 0.5) is 10.1 Å². The molecule has 7 heteroatoms. The molecule has 0 bridgehead atoms. The second-order valence-corrected chi connectivity index (χ2v) is 9.52. The number of ether oxygens (including phenoxy) is 3. The van der Waals surface area contributed by atoms with Gasteiger partial charge in [-0.1, -0.05) is 23.5 Å². The van der Waals surface area contributed by atoms with Gasteiger partial charge in [-0.25, -0.2) is 4.39 Å². The molecule has 0 spiro atoms. The molecule has 1 aliphatic heterocycles. The van der Waals surface area contributed by atoms with Gasteiger partial charge in [0.05, 0.1) is 24.6 Å². The van der Waals surface area contributed by atoms with Crippen LogP contribution in [0, 0.1) is 5.82 Å². The van der Waals surface area contributed by atoms with Crippen molar-refractivity contribution in [3.63, 3.8) is 0 Å². The standard InChI is InChI=1S/C26H26FNO4S/c1-15-13-26(2,3)28-19-9-8-18(17-7-6-16(27)12-20(17)30-4)24(23(15)19)25(32-14-29)21-10-11-22(31-5)33-21/h6-14,25,28H,1-5H3. The molecular weight excluding hydrogens is 441 g/mol. The van der Waals surface area contributed by atoms with Gasteiger partial charge in [0, 0.05) is 28.4 Å². The first-order valence-electron chi connectivity index (χ1n) is 10.5. The molecule has 2 heterocycles. The number of hydrogen-bond acceptors (Lipinski definition) is 6. The number of nitrogens with one attached hydrogen (secondary N) is 1. The van der Waals surface area contributed by atoms with Crippen LogP contribution < -0.4 is 14.8 Å². The molecule has 1 unspecified atom stereocenters. The Bertz CT molecular complexity index is 1230. The van der Waals surface area contributed by atoms with Crippen LogP contribution in [0.15, 0.2) is 48.5 Å². The number of halogens is 1. The normalized spacial score (nSPS) is 15.0. The Balaban J connectivity index is 2.05. The summed E-state index contributed by atoms with van der Waals surface area (Å²) < 4.78 is 30.6. The number of anilines is 1. The molecule has 0 fully saturated rings. The summed E-state index contributed by atoms with van der Waals surface area (Å²) in [4.78, 5) is 12.5. The zero-order chi connectivity index (χ0) is 23.8. The average molecular weight is 468 g/mol. The van der Waals surface area contributed by atoms with Gasteiger partial charge in [0.25, 0.3) is 6.47 Å². The largest absolute Gasteiger partial charge is 0.496 e. The second kappa shape index (κ2) is 8.90. The van der Waals surface area contributed by atoms with E-state index in [9.17, 15) is 9.18 Å². The fourth-order valence-electron chi connectivity index (χ4n) is 4.46. The van der Waals surface area contributed by atoms with Gasteiger partial charge >= 0.3 is 0 Å². The lowest BCUT2D eigenvalue weighted by Crippen LogP contribution is -2.32. The predicted molar refractivity (Wildman–Crippen MR) is 130 cm³/mol. The molecule has 3 aromatic rings. The summed E-state index contributed by atoms with van der Waals surface area (Å²) in [7, 11) is 3.11. The van der Waals surface area contributed by atoms with E-state index in [1.54, 1.807) is 13.2 Å². The van der Waals surface area contributed by atoms with E-state index in [-0.39, 0.29) is 5.54 Å². The average Bonchev–Trinajstić information content (AvgIpc) is 3.25. The highest BCUT2D eigenvalue weighted by Crippen LogP contribution is 2.48. The first-order chi connectivity index (χ1) is 15.8. The number of carbonyl (C=O) groups is 1. The molecule has 0 aliphatic carbocycles. The van der Waals surface area contributed by atoms with Crippen molar-refractivity contribution in [1.29, 1.82) is 0 Å². The number of thiophene rings is 1. The summed E-state index contributed by atoms with van der Waals surface area (Å²) in [6.45, 7) is 6.70. The van der Waals surface area contributed by atoms with Gasteiger partial charge in [-0.3, -0.25) is 4.79 Å². The van der Waals surface area contributed by atoms with Gasteiger partial charge < -0.3 is 19.5 Å². The highest BCUT2D eigenvalue weighted by Gasteiger charge is 2.32. The number of rotatable bonds is 7. The molecule has 5 nitrogen and oxygen atoms in total. The smallest absolute Gasteiger partial charge is 0.294 e. The quantitative estimate of drug-likeness (QED) is 0.405. The topological polar surface area (TPSA) is 56.8 Å². The molecule has 0 saturated carbocycles. The number of benzene rings is 2. The Labute approximate surface area is 196 Å². The van der Waals surface area contributed by atoms with Crippen molar-refractivity contribution in [1.82, 2.24) is 0 Å². The number of fused-ring (bicyclic) bond motifs is 1. The van der Waals surface area contributed by atoms with E-state index in [0.717, 1.165) is 32.8 Å². The third kappa shape index (κ3) is 4.33. The third-order valence-electron chi connectivity index (χ3n) is 5.64. The lowest BCUT2D eigenvalue weighted by atomic mass is 9.82. The van der Waals surface area contributed by atoms with Crippen LogP contribution in [0.2, 0.25) is 0 Å². The molecule has 0 saturated heterocycles. The summed E-state index contributed by atoms with van der Waals surface area (Å²) in [6.07, 6.45) is 1.46. The Morgan fingerprint density at radius 2 is 1.82 bits per heavy atom. The highest BCUT2D eigenvalue weighted by molar-refractivity contribution is 7.13. The van der Waals surface area contributed by atoms with E-state index in [1.165, 1.54) is 30.6 Å². The highest BCUT2D eigenvalue weighted by atomic mass is 32.1. The molecule has 0 amide bonds. The van der Waals surface area contributed by atoms with E-state index >= 15 is 0 Å². The van der Waals surface area contributed by atoms with Crippen LogP contribution in [0.5, 0.6) is 10.8 Å². The fraction of sp³-hybridized carbons (Fsp3) is 0.269. The van der Waals surface area contributed by atoms with Gasteiger partial charge in [0.1, 0.15) is 11.6 Å². The van der Waals surface area contributed by atoms with Crippen LogP contribution in [-0.2, 0) is 9.53 Å². The molecule has 0 radical (unpaired) electrons. The van der Waals surface area contributed by atoms with E-state index < -0.39 is 11.9 Å². The maximum atomic E-state index is 14.0. The maximum absolute atomic E-state index is 14.0. The van der Waals surface area contributed by atoms with E-state index in [1.807, 2.05) is 31.2 Å². The van der Waals surface area contributed by atoms with Crippen molar-refractivity contribution in [3.8, 4) is 21.9 Å². The van der Waals surface area contributed by atoms with Gasteiger partial charge in [-0.15, -0.1) is 0 Å². The molecule has 2 aromatic carbocycles. The molecule has 1 aromatic heterocycles. The summed E-state index contributed by atoms with van der Waals surface area (Å²) >= 11 is 1.41. The van der Waals surface area contributed by atoms with Crippen molar-refractivity contribution in [2.45, 2.75) is 32.4 Å². The molecular formula is C26H26FNO4S. The van der Waals surface area contributed by atoms with Crippen LogP contribution in [0.3, 0.4) is 0 Å². The number of hydrogen-bond donors (Lipinski definition) is 1. The minimum atomic E-state index is -0.692. The molecule has 1 N–H and O–H groups in total. The van der Waals surface area contributed by atoms with Gasteiger partial charge in [-0.05, 0) is 62.2 Å². The monoisotopic (exact) mass is 467 g/mol. The minimum Gasteiger partial charge on any atom is -0.496 e. The van der Waals surface area contributed by atoms with E-state index in [0.29, 0.717) is 22.8 Å². The zero-order valence-corrected chi connectivity index (χ0v) is 20.0. The van der Waals surface area contributed by atoms with E-state index in [2.05, 4.69) is 25.2 Å². The minimum absolute atomic E-state index is 0.239. The Morgan fingerprint density at radius 3 is 2.48 bits per heavy atom. The van der Waals surface area contributed by atoms with Crippen LogP contribution in [0.25, 0.3) is 16.7 Å². The number of carbonyl (C=O) groups excluding carboxylic acids is 1. The van der Waals surface area contributed by atoms with Crippen molar-refractivity contribution in [3.05, 3.63) is 70.4 Å². The van der Waals surface area contributed by atoms with Gasteiger partial charge in [-0.2, -0.15) is 0 Å². The summed E-state index contributed by atoms with van der Waals surface area (Å²) in [5.74, 6) is 0.00818. The SMILES string of the molecule is COc1ccc(C(OC=O)c2c(-c3ccc(F)cc3OC)ccc3c2C(C)=CC(C)(C)N3)s1. The maximum Gasteiger partial charge on any atom is 0.294 e. The van der Waals surface area contributed by atoms with Gasteiger partial charge in [0.15, 0.2) is 11.2 Å². The first-order valence-corrected chi connectivity index (χ1v) is 11.3. The molecule has 4 rings (SSSR count). The Morgan fingerprint density at radius 1 is 1.06 bits per heavy atom. The Kier molecular flexibility index (Phi) is 6.17. The van der Waals surface area contributed by atoms with Crippen LogP contribution >= 0.6 is 11.3 Å². The molecule has 1 atom stereocenters. The predicted octanol–water partition coefficient (Wildman–Crippen LogP) is 6.44. The first kappa shape index (κ1) is 22.9. The molecule has 33 heavy (non-hydrogen) atoms. The lowest BCUT2D eigenvalue weighted by molar-refractivity contribution is -0.132.